The summed E-state index contributed by atoms with van der Waals surface area (Å²) in [4.78, 5) is 3.95. The van der Waals surface area contributed by atoms with Gasteiger partial charge in [-0.3, -0.25) is 0 Å². The van der Waals surface area contributed by atoms with Crippen LogP contribution in [0.25, 0.3) is 11.5 Å². The minimum Gasteiger partial charge on any atom is -0.481 e. The Labute approximate surface area is 132 Å². The van der Waals surface area contributed by atoms with E-state index < -0.39 is 41.4 Å². The van der Waals surface area contributed by atoms with E-state index in [2.05, 4.69) is 4.98 Å². The zero-order valence-electron chi connectivity index (χ0n) is 11.8. The Bertz CT molecular complexity index is 868. The van der Waals surface area contributed by atoms with Crippen molar-refractivity contribution in [1.29, 1.82) is 0 Å². The summed E-state index contributed by atoms with van der Waals surface area (Å²) in [6, 6.07) is 5.49. The van der Waals surface area contributed by atoms with Gasteiger partial charge in [-0.15, -0.1) is 0 Å². The topological polar surface area (TPSA) is 35.3 Å². The lowest BCUT2D eigenvalue weighted by molar-refractivity contribution is 0.258. The molecule has 0 aliphatic carbocycles. The van der Waals surface area contributed by atoms with Crippen LogP contribution in [0.15, 0.2) is 41.0 Å². The molecule has 0 saturated carbocycles. The first-order valence-electron chi connectivity index (χ1n) is 6.62. The van der Waals surface area contributed by atoms with E-state index in [1.54, 1.807) is 6.07 Å². The summed E-state index contributed by atoms with van der Waals surface area (Å²) in [6.45, 7) is -0.504. The van der Waals surface area contributed by atoms with Crippen molar-refractivity contribution in [2.24, 2.45) is 0 Å². The quantitative estimate of drug-likeness (QED) is 0.513. The number of aromatic nitrogens is 1. The summed E-state index contributed by atoms with van der Waals surface area (Å²) in [5, 5.41) is 0. The molecule has 3 rings (SSSR count). The molecular weight excluding hydrogens is 333 g/mol. The second kappa shape index (κ2) is 6.31. The first-order valence-corrected chi connectivity index (χ1v) is 6.62. The molecular formula is C16H8F5NO2. The minimum absolute atomic E-state index is 0.0551. The van der Waals surface area contributed by atoms with Crippen LogP contribution in [0.4, 0.5) is 22.0 Å². The summed E-state index contributed by atoms with van der Waals surface area (Å²) in [5.74, 6) is -8.09. The fourth-order valence-corrected chi connectivity index (χ4v) is 1.95. The molecule has 0 saturated heterocycles. The van der Waals surface area contributed by atoms with Crippen molar-refractivity contribution in [3.8, 4) is 17.2 Å². The van der Waals surface area contributed by atoms with E-state index in [1.807, 2.05) is 0 Å². The highest BCUT2D eigenvalue weighted by Gasteiger charge is 2.21. The van der Waals surface area contributed by atoms with Gasteiger partial charge in [0.25, 0.3) is 0 Å². The average Bonchev–Trinajstić information content (AvgIpc) is 3.02. The molecule has 0 radical (unpaired) electrons. The minimum atomic E-state index is -1.65. The molecule has 0 unspecified atom stereocenters. The highest BCUT2D eigenvalue weighted by molar-refractivity contribution is 5.52. The lowest BCUT2D eigenvalue weighted by Crippen LogP contribution is -2.04. The van der Waals surface area contributed by atoms with Crippen LogP contribution in [0.2, 0.25) is 0 Å². The van der Waals surface area contributed by atoms with Gasteiger partial charge in [0.15, 0.2) is 17.4 Å². The van der Waals surface area contributed by atoms with Crippen LogP contribution in [0.1, 0.15) is 5.69 Å². The van der Waals surface area contributed by atoms with Gasteiger partial charge in [0.05, 0.1) is 0 Å². The van der Waals surface area contributed by atoms with Crippen LogP contribution < -0.4 is 4.74 Å². The molecule has 0 fully saturated rings. The van der Waals surface area contributed by atoms with E-state index in [-0.39, 0.29) is 17.7 Å². The molecule has 1 heterocycles. The number of ether oxygens (including phenoxy) is 1. The number of nitrogens with zero attached hydrogens (tertiary/aromatic N) is 1. The molecule has 0 spiro atoms. The Balaban J connectivity index is 1.80. The molecule has 8 heteroatoms. The fourth-order valence-electron chi connectivity index (χ4n) is 1.95. The average molecular weight is 341 g/mol. The maximum atomic E-state index is 13.5. The lowest BCUT2D eigenvalue weighted by Gasteiger charge is -2.07. The molecule has 3 nitrogen and oxygen atoms in total. The molecule has 0 atom stereocenters. The maximum Gasteiger partial charge on any atom is 0.226 e. The van der Waals surface area contributed by atoms with E-state index in [9.17, 15) is 22.0 Å². The third kappa shape index (κ3) is 3.08. The molecule has 0 N–H and O–H groups in total. The Hall–Kier alpha value is -2.90. The maximum absolute atomic E-state index is 13.5. The largest absolute Gasteiger partial charge is 0.481 e. The van der Waals surface area contributed by atoms with Crippen molar-refractivity contribution >= 4 is 0 Å². The number of hydrogen-bond acceptors (Lipinski definition) is 3. The van der Waals surface area contributed by atoms with Crippen LogP contribution in [-0.2, 0) is 6.61 Å². The zero-order valence-corrected chi connectivity index (χ0v) is 11.8. The number of rotatable bonds is 4. The van der Waals surface area contributed by atoms with Crippen molar-refractivity contribution < 1.29 is 31.1 Å². The van der Waals surface area contributed by atoms with Gasteiger partial charge >= 0.3 is 0 Å². The van der Waals surface area contributed by atoms with Crippen LogP contribution >= 0.6 is 0 Å². The normalized spacial score (nSPS) is 10.9. The number of oxazole rings is 1. The fraction of sp³-hybridized carbons (Fsp3) is 0.0625. The van der Waals surface area contributed by atoms with Gasteiger partial charge in [-0.25, -0.2) is 18.2 Å². The third-order valence-corrected chi connectivity index (χ3v) is 3.06. The van der Waals surface area contributed by atoms with Crippen LogP contribution in [0.3, 0.4) is 0 Å². The van der Waals surface area contributed by atoms with Crippen molar-refractivity contribution in [3.05, 3.63) is 71.4 Å². The molecule has 0 aliphatic rings. The third-order valence-electron chi connectivity index (χ3n) is 3.06. The number of benzene rings is 2. The van der Waals surface area contributed by atoms with Crippen LogP contribution in [0, 0.1) is 29.1 Å². The molecule has 24 heavy (non-hydrogen) atoms. The SMILES string of the molecule is Fc1cccc(-c2nc(COc3c(F)c(F)cc(F)c3F)co2)c1. The summed E-state index contributed by atoms with van der Waals surface area (Å²) >= 11 is 0. The van der Waals surface area contributed by atoms with E-state index in [4.69, 9.17) is 9.15 Å². The highest BCUT2D eigenvalue weighted by atomic mass is 19.2. The molecule has 0 aliphatic heterocycles. The molecule has 0 bridgehead atoms. The summed E-state index contributed by atoms with van der Waals surface area (Å²) in [6.07, 6.45) is 1.12. The lowest BCUT2D eigenvalue weighted by atomic mass is 10.2. The van der Waals surface area contributed by atoms with E-state index in [0.717, 1.165) is 6.26 Å². The van der Waals surface area contributed by atoms with E-state index in [0.29, 0.717) is 5.56 Å². The molecule has 3 aromatic rings. The first-order chi connectivity index (χ1) is 11.5. The van der Waals surface area contributed by atoms with Crippen LogP contribution in [-0.4, -0.2) is 4.98 Å². The molecule has 0 amide bonds. The monoisotopic (exact) mass is 341 g/mol. The first kappa shape index (κ1) is 16.0. The smallest absolute Gasteiger partial charge is 0.226 e. The molecule has 124 valence electrons. The standard InChI is InChI=1S/C16H8F5NO2/c17-9-3-1-2-8(4-9)16-22-10(7-24-16)6-23-15-13(20)11(18)5-12(19)14(15)21/h1-5,7H,6H2. The zero-order chi connectivity index (χ0) is 17.3. The number of hydrogen-bond donors (Lipinski definition) is 0. The van der Waals surface area contributed by atoms with Gasteiger partial charge in [-0.05, 0) is 18.2 Å². The molecule has 1 aromatic heterocycles. The van der Waals surface area contributed by atoms with Crippen molar-refractivity contribution in [3.63, 3.8) is 0 Å². The Morgan fingerprint density at radius 3 is 2.33 bits per heavy atom. The van der Waals surface area contributed by atoms with Crippen molar-refractivity contribution in [2.75, 3.05) is 0 Å². The second-order valence-electron chi connectivity index (χ2n) is 4.74. The van der Waals surface area contributed by atoms with Crippen LogP contribution in [0.5, 0.6) is 5.75 Å². The predicted octanol–water partition coefficient (Wildman–Crippen LogP) is 4.62. The van der Waals surface area contributed by atoms with Gasteiger partial charge in [-0.2, -0.15) is 8.78 Å². The second-order valence-corrected chi connectivity index (χ2v) is 4.74. The Kier molecular flexibility index (Phi) is 4.20. The Morgan fingerprint density at radius 1 is 0.958 bits per heavy atom. The van der Waals surface area contributed by atoms with Gasteiger partial charge in [0, 0.05) is 11.6 Å². The van der Waals surface area contributed by atoms with Crippen molar-refractivity contribution in [1.82, 2.24) is 4.98 Å². The summed E-state index contributed by atoms with van der Waals surface area (Å²) < 4.78 is 76.1. The van der Waals surface area contributed by atoms with E-state index in [1.165, 1.54) is 18.2 Å². The van der Waals surface area contributed by atoms with Gasteiger partial charge in [-0.1, -0.05) is 6.07 Å². The van der Waals surface area contributed by atoms with Gasteiger partial charge in [0.2, 0.25) is 17.5 Å². The van der Waals surface area contributed by atoms with Gasteiger partial charge in [0.1, 0.15) is 24.4 Å². The van der Waals surface area contributed by atoms with Gasteiger partial charge < -0.3 is 9.15 Å². The summed E-state index contributed by atoms with van der Waals surface area (Å²) in [7, 11) is 0. The van der Waals surface area contributed by atoms with E-state index >= 15 is 0 Å². The summed E-state index contributed by atoms with van der Waals surface area (Å²) in [5.41, 5.74) is 0.438. The predicted molar refractivity (Wildman–Crippen MR) is 72.5 cm³/mol. The Morgan fingerprint density at radius 2 is 1.67 bits per heavy atom. The number of halogens is 5. The molecule has 2 aromatic carbocycles. The highest BCUT2D eigenvalue weighted by Crippen LogP contribution is 2.27. The van der Waals surface area contributed by atoms with Crippen molar-refractivity contribution in [2.45, 2.75) is 6.61 Å².